The van der Waals surface area contributed by atoms with E-state index in [4.69, 9.17) is 4.42 Å². The van der Waals surface area contributed by atoms with Crippen LogP contribution < -0.4 is 5.32 Å². The Kier molecular flexibility index (Phi) is 4.88. The van der Waals surface area contributed by atoms with Gasteiger partial charge in [0.05, 0.1) is 21.1 Å². The van der Waals surface area contributed by atoms with Gasteiger partial charge in [-0.05, 0) is 60.3 Å². The highest BCUT2D eigenvalue weighted by atomic mass is 32.2. The van der Waals surface area contributed by atoms with E-state index < -0.39 is 4.92 Å². The van der Waals surface area contributed by atoms with Gasteiger partial charge in [-0.15, -0.1) is 0 Å². The number of amides is 1. The van der Waals surface area contributed by atoms with Gasteiger partial charge < -0.3 is 14.8 Å². The second-order valence-electron chi connectivity index (χ2n) is 5.98. The molecule has 0 aliphatic carbocycles. The molecule has 2 N–H and O–H groups in total. The number of phenolic OH excluding ortho intramolecular Hbond substituents is 1. The predicted octanol–water partition coefficient (Wildman–Crippen LogP) is 5.09. The first-order valence-electron chi connectivity index (χ1n) is 8.42. The molecule has 0 bridgehead atoms. The molecule has 2 aromatic carbocycles. The van der Waals surface area contributed by atoms with Crippen LogP contribution in [0.1, 0.15) is 5.76 Å². The van der Waals surface area contributed by atoms with Crippen LogP contribution in [0.5, 0.6) is 5.75 Å². The minimum Gasteiger partial charge on any atom is -0.508 e. The molecule has 1 fully saturated rings. The number of aromatic hydroxyl groups is 1. The fourth-order valence-corrected chi connectivity index (χ4v) is 3.43. The molecule has 29 heavy (non-hydrogen) atoms. The third-order valence-corrected chi connectivity index (χ3v) is 4.83. The maximum atomic E-state index is 11.8. The first kappa shape index (κ1) is 18.5. The first-order valence-corrected chi connectivity index (χ1v) is 9.23. The highest BCUT2D eigenvalue weighted by molar-refractivity contribution is 8.18. The zero-order valence-electron chi connectivity index (χ0n) is 14.7. The van der Waals surface area contributed by atoms with Crippen LogP contribution in [0, 0.1) is 10.1 Å². The van der Waals surface area contributed by atoms with Crippen molar-refractivity contribution in [3.05, 3.63) is 81.4 Å². The van der Waals surface area contributed by atoms with Crippen molar-refractivity contribution < 1.29 is 19.2 Å². The Hall–Kier alpha value is -3.85. The summed E-state index contributed by atoms with van der Waals surface area (Å²) in [6, 6.07) is 15.8. The number of rotatable bonds is 4. The van der Waals surface area contributed by atoms with Crippen LogP contribution in [-0.4, -0.2) is 21.1 Å². The average Bonchev–Trinajstić information content (AvgIpc) is 3.30. The zero-order valence-corrected chi connectivity index (χ0v) is 15.6. The first-order chi connectivity index (χ1) is 14.0. The predicted molar refractivity (Wildman–Crippen MR) is 110 cm³/mol. The maximum absolute atomic E-state index is 11.8. The van der Waals surface area contributed by atoms with Gasteiger partial charge in [0.1, 0.15) is 23.1 Å². The number of carbonyl (C=O) groups is 1. The van der Waals surface area contributed by atoms with E-state index in [1.807, 2.05) is 0 Å². The number of hydrogen-bond donors (Lipinski definition) is 2. The van der Waals surface area contributed by atoms with E-state index in [-0.39, 0.29) is 16.7 Å². The second kappa shape index (κ2) is 7.64. The van der Waals surface area contributed by atoms with Crippen molar-refractivity contribution >= 4 is 40.3 Å². The lowest BCUT2D eigenvalue weighted by atomic mass is 10.1. The second-order valence-corrected chi connectivity index (χ2v) is 6.99. The Morgan fingerprint density at radius 3 is 2.62 bits per heavy atom. The smallest absolute Gasteiger partial charge is 0.289 e. The van der Waals surface area contributed by atoms with E-state index in [0.29, 0.717) is 33.5 Å². The van der Waals surface area contributed by atoms with E-state index in [9.17, 15) is 20.0 Å². The zero-order chi connectivity index (χ0) is 20.4. The van der Waals surface area contributed by atoms with Crippen LogP contribution in [0.3, 0.4) is 0 Å². The summed E-state index contributed by atoms with van der Waals surface area (Å²) < 4.78 is 5.75. The number of aliphatic imine (C=N–C) groups is 1. The molecule has 0 saturated carbocycles. The molecule has 1 aromatic heterocycles. The molecule has 0 spiro atoms. The molecule has 0 atom stereocenters. The molecule has 9 heteroatoms. The fraction of sp³-hybridized carbons (Fsp3) is 0. The molecule has 3 aromatic rings. The van der Waals surface area contributed by atoms with Crippen molar-refractivity contribution in [2.75, 3.05) is 0 Å². The van der Waals surface area contributed by atoms with Gasteiger partial charge in [-0.25, -0.2) is 4.99 Å². The third kappa shape index (κ3) is 4.04. The molecule has 2 heterocycles. The van der Waals surface area contributed by atoms with E-state index in [1.54, 1.807) is 48.5 Å². The van der Waals surface area contributed by atoms with Gasteiger partial charge in [-0.3, -0.25) is 14.9 Å². The number of amidine groups is 1. The number of para-hydroxylation sites is 1. The number of nitrogens with zero attached hydrogens (tertiary/aromatic N) is 2. The molecule has 144 valence electrons. The van der Waals surface area contributed by atoms with Crippen molar-refractivity contribution in [1.82, 2.24) is 5.32 Å². The number of furan rings is 1. The van der Waals surface area contributed by atoms with Crippen molar-refractivity contribution in [3.63, 3.8) is 0 Å². The third-order valence-electron chi connectivity index (χ3n) is 4.01. The number of carbonyl (C=O) groups excluding carboxylic acids is 1. The number of thioether (sulfide) groups is 1. The van der Waals surface area contributed by atoms with Crippen LogP contribution >= 0.6 is 11.8 Å². The Morgan fingerprint density at radius 2 is 1.86 bits per heavy atom. The molecule has 1 amide bonds. The molecule has 0 radical (unpaired) electrons. The Labute approximate surface area is 168 Å². The molecule has 1 aliphatic rings. The molecule has 0 unspecified atom stereocenters. The minimum absolute atomic E-state index is 0.0530. The van der Waals surface area contributed by atoms with Crippen molar-refractivity contribution in [3.8, 4) is 17.1 Å². The van der Waals surface area contributed by atoms with Crippen molar-refractivity contribution in [1.29, 1.82) is 0 Å². The largest absolute Gasteiger partial charge is 0.508 e. The summed E-state index contributed by atoms with van der Waals surface area (Å²) in [4.78, 5) is 27.5. The highest BCUT2D eigenvalue weighted by Gasteiger charge is 2.24. The Balaban J connectivity index is 1.66. The number of hydrogen-bond acceptors (Lipinski definition) is 7. The molecule has 1 saturated heterocycles. The van der Waals surface area contributed by atoms with E-state index in [2.05, 4.69) is 10.3 Å². The normalized spacial score (nSPS) is 16.3. The standard InChI is InChI=1S/C20H13N3O5S/c24-13-7-5-12(6-8-13)21-19-18(29-20(25)22-19)11-14-9-10-17(28-14)15-3-1-2-4-16(15)23(26)27/h1-11,24H,(H,21,22,25)/b18-11-. The Bertz CT molecular complexity index is 1160. The lowest BCUT2D eigenvalue weighted by Gasteiger charge is -2.00. The van der Waals surface area contributed by atoms with Gasteiger partial charge in [0.15, 0.2) is 0 Å². The van der Waals surface area contributed by atoms with Gasteiger partial charge >= 0.3 is 0 Å². The summed E-state index contributed by atoms with van der Waals surface area (Å²) in [7, 11) is 0. The number of benzene rings is 2. The summed E-state index contributed by atoms with van der Waals surface area (Å²) >= 11 is 0.967. The minimum atomic E-state index is -0.464. The molecular weight excluding hydrogens is 394 g/mol. The SMILES string of the molecule is O=C1NC(=Nc2ccc(O)cc2)/C(=C/c2ccc(-c3ccccc3[N+](=O)[O-])o2)S1. The van der Waals surface area contributed by atoms with Gasteiger partial charge in [0.25, 0.3) is 10.9 Å². The molecule has 4 rings (SSSR count). The Morgan fingerprint density at radius 1 is 1.10 bits per heavy atom. The molecule has 8 nitrogen and oxygen atoms in total. The van der Waals surface area contributed by atoms with E-state index >= 15 is 0 Å². The van der Waals surface area contributed by atoms with Gasteiger partial charge in [0, 0.05) is 6.07 Å². The van der Waals surface area contributed by atoms with Crippen molar-refractivity contribution in [2.45, 2.75) is 0 Å². The fourth-order valence-electron chi connectivity index (χ4n) is 2.71. The topological polar surface area (TPSA) is 118 Å². The number of nitro benzene ring substituents is 1. The summed E-state index contributed by atoms with van der Waals surface area (Å²) in [5.74, 6) is 1.25. The molecule has 1 aliphatic heterocycles. The maximum Gasteiger partial charge on any atom is 0.289 e. The summed E-state index contributed by atoms with van der Waals surface area (Å²) in [5, 5.41) is 23.0. The average molecular weight is 407 g/mol. The van der Waals surface area contributed by atoms with Crippen LogP contribution in [0.25, 0.3) is 17.4 Å². The highest BCUT2D eigenvalue weighted by Crippen LogP contribution is 2.33. The number of phenols is 1. The van der Waals surface area contributed by atoms with Crippen LogP contribution in [0.2, 0.25) is 0 Å². The van der Waals surface area contributed by atoms with Crippen molar-refractivity contribution in [2.24, 2.45) is 4.99 Å². The number of nitrogens with one attached hydrogen (secondary N) is 1. The van der Waals surface area contributed by atoms with Gasteiger partial charge in [-0.1, -0.05) is 12.1 Å². The van der Waals surface area contributed by atoms with Crippen LogP contribution in [0.15, 0.2) is 75.0 Å². The lowest BCUT2D eigenvalue weighted by Crippen LogP contribution is -2.18. The van der Waals surface area contributed by atoms with Crippen LogP contribution in [0.4, 0.5) is 16.2 Å². The molecular formula is C20H13N3O5S. The van der Waals surface area contributed by atoms with Crippen LogP contribution in [-0.2, 0) is 0 Å². The van der Waals surface area contributed by atoms with E-state index in [0.717, 1.165) is 11.8 Å². The van der Waals surface area contributed by atoms with E-state index in [1.165, 1.54) is 18.2 Å². The number of nitro groups is 1. The lowest BCUT2D eigenvalue weighted by molar-refractivity contribution is -0.384. The monoisotopic (exact) mass is 407 g/mol. The summed E-state index contributed by atoms with van der Waals surface area (Å²) in [5.41, 5.74) is 0.877. The summed E-state index contributed by atoms with van der Waals surface area (Å²) in [6.07, 6.45) is 1.64. The summed E-state index contributed by atoms with van der Waals surface area (Å²) in [6.45, 7) is 0. The van der Waals surface area contributed by atoms with Gasteiger partial charge in [-0.2, -0.15) is 0 Å². The van der Waals surface area contributed by atoms with Gasteiger partial charge in [0.2, 0.25) is 0 Å². The quantitative estimate of drug-likeness (QED) is 0.459.